The van der Waals surface area contributed by atoms with Crippen LogP contribution in [0.1, 0.15) is 6.92 Å². The average molecular weight is 290 g/mol. The molecule has 4 bridgehead atoms. The molecule has 7 heteroatoms. The van der Waals surface area contributed by atoms with Crippen LogP contribution in [-0.2, 0) is 11.8 Å². The number of hydrogen-bond acceptors (Lipinski definition) is 4. The van der Waals surface area contributed by atoms with Crippen LogP contribution in [0.5, 0.6) is 0 Å². The second-order valence-electron chi connectivity index (χ2n) is 3.81. The third-order valence-corrected chi connectivity index (χ3v) is 38.5. The fourth-order valence-electron chi connectivity index (χ4n) is 1.84. The van der Waals surface area contributed by atoms with Crippen LogP contribution in [0, 0.1) is 5.41 Å². The van der Waals surface area contributed by atoms with Crippen LogP contribution in [-0.4, -0.2) is 18.5 Å². The molecule has 4 fully saturated rings. The Hall–Kier alpha value is 2.56. The molecule has 0 radical (unpaired) electrons. The molecule has 4 aliphatic rings. The molecule has 0 aromatic heterocycles. The molecule has 68 valence electrons. The van der Waals surface area contributed by atoms with Gasteiger partial charge in [0.1, 0.15) is 0 Å². The summed E-state index contributed by atoms with van der Waals surface area (Å²) in [7, 11) is 0. The van der Waals surface area contributed by atoms with Gasteiger partial charge in [-0.2, -0.15) is 0 Å². The van der Waals surface area contributed by atoms with Crippen LogP contribution in [0.2, 0.25) is 0 Å². The second kappa shape index (κ2) is 3.03. The molecule has 12 heavy (non-hydrogen) atoms. The minimum Gasteiger partial charge on any atom is -0.0834 e. The van der Waals surface area contributed by atoms with Crippen molar-refractivity contribution in [2.75, 3.05) is 18.5 Å². The molecule has 4 rings (SSSR count). The minimum absolute atomic E-state index is 0.278. The molecule has 2 atom stereocenters. The van der Waals surface area contributed by atoms with Crippen molar-refractivity contribution in [3.05, 3.63) is 0 Å². The largest absolute Gasteiger partial charge is 0.0834 e. The summed E-state index contributed by atoms with van der Waals surface area (Å²) in [5.41, 5.74) is 0.703. The highest BCUT2D eigenvalue weighted by atomic mass is 33.7. The first-order valence-electron chi connectivity index (χ1n) is 3.79. The molecule has 0 aromatic rings. The zero-order valence-corrected chi connectivity index (χ0v) is 12.5. The van der Waals surface area contributed by atoms with E-state index < -0.39 is 4.44 Å². The van der Waals surface area contributed by atoms with Crippen molar-refractivity contribution in [1.29, 1.82) is 0 Å². The molecule has 0 amide bonds. The molecular formula is C5H9P3S4. The Bertz CT molecular complexity index is 262. The van der Waals surface area contributed by atoms with E-state index in [-0.39, 0.29) is 12.7 Å². The lowest BCUT2D eigenvalue weighted by atomic mass is 9.99. The van der Waals surface area contributed by atoms with Crippen LogP contribution in [0.15, 0.2) is 0 Å². The van der Waals surface area contributed by atoms with Gasteiger partial charge >= 0.3 is 0 Å². The zero-order chi connectivity index (χ0) is 8.40. The van der Waals surface area contributed by atoms with Gasteiger partial charge in [-0.05, 0) is 17.7 Å². The van der Waals surface area contributed by atoms with Crippen LogP contribution in [0.4, 0.5) is 0 Å². The number of rotatable bonds is 0. The van der Waals surface area contributed by atoms with Gasteiger partial charge in [0.05, 0.1) is 4.44 Å². The highest BCUT2D eigenvalue weighted by Crippen LogP contribution is 3.06. The third kappa shape index (κ3) is 1.58. The van der Waals surface area contributed by atoms with Crippen molar-refractivity contribution in [2.45, 2.75) is 6.92 Å². The van der Waals surface area contributed by atoms with Gasteiger partial charge in [0.15, 0.2) is 0 Å². The summed E-state index contributed by atoms with van der Waals surface area (Å²) in [6.07, 6.45) is 4.98. The lowest BCUT2D eigenvalue weighted by molar-refractivity contribution is 0.498. The van der Waals surface area contributed by atoms with Gasteiger partial charge < -0.3 is 0 Å². The van der Waals surface area contributed by atoms with Crippen LogP contribution in [0.3, 0.4) is 0 Å². The lowest BCUT2D eigenvalue weighted by Gasteiger charge is -2.54. The van der Waals surface area contributed by atoms with Crippen molar-refractivity contribution in [3.8, 4) is 0 Å². The first-order chi connectivity index (χ1) is 5.57. The Balaban J connectivity index is 2.04. The van der Waals surface area contributed by atoms with Gasteiger partial charge in [0.25, 0.3) is 0 Å². The molecule has 4 heterocycles. The highest BCUT2D eigenvalue weighted by molar-refractivity contribution is 9.40. The highest BCUT2D eigenvalue weighted by Gasteiger charge is 2.53. The first kappa shape index (κ1) is 9.76. The molecule has 0 spiro atoms. The van der Waals surface area contributed by atoms with Crippen molar-refractivity contribution >= 4 is 61.9 Å². The maximum atomic E-state index is 5.82. The van der Waals surface area contributed by atoms with E-state index in [9.17, 15) is 0 Å². The van der Waals surface area contributed by atoms with Gasteiger partial charge in [-0.15, -0.1) is 0 Å². The minimum atomic E-state index is -0.932. The smallest absolute Gasteiger partial charge is 0.0674 e. The fourth-order valence-corrected chi connectivity index (χ4v) is 61.8. The Labute approximate surface area is 92.2 Å². The first-order valence-corrected chi connectivity index (χ1v) is 15.9. The predicted molar refractivity (Wildman–Crippen MR) is 73.6 cm³/mol. The van der Waals surface area contributed by atoms with Gasteiger partial charge in [-0.25, -0.2) is 0 Å². The Morgan fingerprint density at radius 1 is 1.33 bits per heavy atom. The molecule has 4 saturated heterocycles. The van der Waals surface area contributed by atoms with Crippen molar-refractivity contribution < 1.29 is 0 Å². The molecule has 0 saturated carbocycles. The molecular weight excluding hydrogens is 281 g/mol. The van der Waals surface area contributed by atoms with Gasteiger partial charge in [0.2, 0.25) is 0 Å². The summed E-state index contributed by atoms with van der Waals surface area (Å²) in [5.74, 6) is 0. The third-order valence-electron chi connectivity index (χ3n) is 2.21. The fraction of sp³-hybridized carbons (Fsp3) is 1.00. The topological polar surface area (TPSA) is 0 Å². The summed E-state index contributed by atoms with van der Waals surface area (Å²) >= 11 is 12.6. The zero-order valence-electron chi connectivity index (χ0n) is 6.60. The lowest BCUT2D eigenvalue weighted by Crippen LogP contribution is -2.33. The van der Waals surface area contributed by atoms with Gasteiger partial charge in [-0.3, -0.25) is 0 Å². The molecule has 0 aliphatic carbocycles. The summed E-state index contributed by atoms with van der Waals surface area (Å²) in [5, 5.41) is 0. The van der Waals surface area contributed by atoms with E-state index in [1.807, 2.05) is 0 Å². The van der Waals surface area contributed by atoms with E-state index in [0.717, 1.165) is 0 Å². The van der Waals surface area contributed by atoms with Gasteiger partial charge in [-0.1, -0.05) is 51.7 Å². The molecule has 0 aromatic carbocycles. The predicted octanol–water partition coefficient (Wildman–Crippen LogP) is 5.17. The van der Waals surface area contributed by atoms with Gasteiger partial charge in [0, 0.05) is 18.8 Å². The second-order valence-corrected chi connectivity index (χ2v) is 28.0. The number of hydrogen-bond donors (Lipinski definition) is 0. The quantitative estimate of drug-likeness (QED) is 0.564. The Morgan fingerprint density at radius 2 is 1.92 bits per heavy atom. The summed E-state index contributed by atoms with van der Waals surface area (Å²) < 4.78 is -0.932. The standard InChI is InChI=1S/C5H9P3S4/c1-5-2-6-10-7(3-5)12-8(9,4-5)11-6/h2-4H2,1H3. The monoisotopic (exact) mass is 290 g/mol. The van der Waals surface area contributed by atoms with Crippen molar-refractivity contribution in [3.63, 3.8) is 0 Å². The Kier molecular flexibility index (Phi) is 2.47. The summed E-state index contributed by atoms with van der Waals surface area (Å²) in [4.78, 5) is 0. The van der Waals surface area contributed by atoms with E-state index in [1.165, 1.54) is 18.5 Å². The van der Waals surface area contributed by atoms with Crippen molar-refractivity contribution in [1.82, 2.24) is 0 Å². The summed E-state index contributed by atoms with van der Waals surface area (Å²) in [6, 6.07) is 0. The van der Waals surface area contributed by atoms with E-state index in [4.69, 9.17) is 11.8 Å². The maximum absolute atomic E-state index is 5.82. The van der Waals surface area contributed by atoms with Crippen LogP contribution >= 0.6 is 50.1 Å². The van der Waals surface area contributed by atoms with Crippen LogP contribution < -0.4 is 0 Å². The maximum Gasteiger partial charge on any atom is 0.0674 e. The summed E-state index contributed by atoms with van der Waals surface area (Å²) in [6.45, 7) is 2.50. The van der Waals surface area contributed by atoms with E-state index in [2.05, 4.69) is 39.9 Å². The normalized spacial score (nSPS) is 62.4. The molecule has 2 unspecified atom stereocenters. The molecule has 0 nitrogen and oxygen atoms in total. The van der Waals surface area contributed by atoms with Crippen LogP contribution in [0.25, 0.3) is 0 Å². The SMILES string of the molecule is CC12CP3SP(C1)SP(=S)(C2)S3. The average Bonchev–Trinajstić information content (AvgIpc) is 1.75. The van der Waals surface area contributed by atoms with Crippen molar-refractivity contribution in [2.24, 2.45) is 5.41 Å². The Morgan fingerprint density at radius 3 is 2.33 bits per heavy atom. The molecule has 0 N–H and O–H groups in total. The molecule has 4 aliphatic heterocycles. The van der Waals surface area contributed by atoms with E-state index in [1.54, 1.807) is 0 Å². The van der Waals surface area contributed by atoms with E-state index >= 15 is 0 Å². The van der Waals surface area contributed by atoms with E-state index in [0.29, 0.717) is 5.41 Å².